The van der Waals surface area contributed by atoms with Crippen LogP contribution in [-0.2, 0) is 7.05 Å². The minimum Gasteiger partial charge on any atom is -0.344 e. The molecule has 1 aromatic heterocycles. The molecule has 0 atom stereocenters. The third-order valence-corrected chi connectivity index (χ3v) is 6.30. The molecule has 0 unspecified atom stereocenters. The van der Waals surface area contributed by atoms with Crippen molar-refractivity contribution in [2.75, 3.05) is 0 Å². The van der Waals surface area contributed by atoms with Crippen LogP contribution >= 0.6 is 37.9 Å². The van der Waals surface area contributed by atoms with Crippen molar-refractivity contribution in [1.29, 1.82) is 0 Å². The van der Waals surface area contributed by atoms with E-state index >= 15 is 0 Å². The van der Waals surface area contributed by atoms with Crippen LogP contribution in [0.2, 0.25) is 0 Å². The van der Waals surface area contributed by atoms with Crippen molar-refractivity contribution in [2.24, 2.45) is 7.05 Å². The van der Waals surface area contributed by atoms with Crippen molar-refractivity contribution in [2.45, 2.75) is 35.5 Å². The minimum atomic E-state index is 0.624. The fraction of sp³-hybridized carbons (Fsp3) is 0.250. The van der Waals surface area contributed by atoms with Gasteiger partial charge >= 0.3 is 0 Å². The van der Waals surface area contributed by atoms with E-state index in [1.54, 1.807) is 0 Å². The molecular weight excluding hydrogens is 324 g/mol. The van der Waals surface area contributed by atoms with Gasteiger partial charge in [-0.25, -0.2) is 0 Å². The molecule has 108 valence electrons. The Bertz CT molecular complexity index is 897. The van der Waals surface area contributed by atoms with Gasteiger partial charge in [0.05, 0.1) is 5.52 Å². The lowest BCUT2D eigenvalue weighted by Crippen LogP contribution is -2.23. The van der Waals surface area contributed by atoms with Crippen LogP contribution in [0.4, 0.5) is 0 Å². The maximum absolute atomic E-state index is 6.35. The number of aryl methyl sites for hydroxylation is 2. The zero-order valence-corrected chi connectivity index (χ0v) is 15.6. The highest BCUT2D eigenvalue weighted by molar-refractivity contribution is 7.81. The molecule has 22 heavy (non-hydrogen) atoms. The molecule has 0 N–H and O–H groups in total. The van der Waals surface area contributed by atoms with Gasteiger partial charge < -0.3 is 4.57 Å². The highest BCUT2D eigenvalue weighted by Gasteiger charge is 2.21. The predicted octanol–water partition coefficient (Wildman–Crippen LogP) is 2.71. The molecule has 0 aliphatic rings. The van der Waals surface area contributed by atoms with E-state index in [4.69, 9.17) is 28.3 Å². The number of hydrogen-bond acceptors (Lipinski definition) is 3. The van der Waals surface area contributed by atoms with Crippen LogP contribution in [0.3, 0.4) is 0 Å². The first-order chi connectivity index (χ1) is 10.2. The van der Waals surface area contributed by atoms with Crippen LogP contribution in [0.25, 0.3) is 21.8 Å². The second-order valence-corrected chi connectivity index (χ2v) is 7.10. The van der Waals surface area contributed by atoms with Gasteiger partial charge in [0.15, 0.2) is 0 Å². The maximum atomic E-state index is 6.35. The Hall–Kier alpha value is -0.580. The summed E-state index contributed by atoms with van der Waals surface area (Å²) in [6.07, 6.45) is 0. The van der Waals surface area contributed by atoms with Crippen LogP contribution in [0.1, 0.15) is 16.7 Å². The zero-order valence-electron chi connectivity index (χ0n) is 12.9. The Balaban J connectivity index is 2.81. The van der Waals surface area contributed by atoms with Gasteiger partial charge in [-0.15, -0.1) is 37.9 Å². The molecule has 0 spiro atoms. The Morgan fingerprint density at radius 3 is 1.82 bits per heavy atom. The monoisotopic (exact) mass is 339 g/mol. The van der Waals surface area contributed by atoms with Crippen LogP contribution in [0, 0.1) is 20.8 Å². The van der Waals surface area contributed by atoms with E-state index in [-0.39, 0.29) is 0 Å². The quantitative estimate of drug-likeness (QED) is 0.409. The fourth-order valence-electron chi connectivity index (χ4n) is 3.23. The van der Waals surface area contributed by atoms with Gasteiger partial charge in [-0.05, 0) is 31.9 Å². The molecule has 2 aromatic carbocycles. The normalized spacial score (nSPS) is 11.8. The Kier molecular flexibility index (Phi) is 3.86. The van der Waals surface area contributed by atoms with Gasteiger partial charge in [0, 0.05) is 38.0 Å². The molecule has 1 nitrogen and oxygen atoms in total. The van der Waals surface area contributed by atoms with E-state index in [1.165, 1.54) is 0 Å². The highest BCUT2D eigenvalue weighted by atomic mass is 32.1. The average molecular weight is 339 g/mol. The molecule has 0 aliphatic carbocycles. The van der Waals surface area contributed by atoms with E-state index in [2.05, 4.69) is 36.7 Å². The molecule has 0 bridgehead atoms. The van der Waals surface area contributed by atoms with Crippen molar-refractivity contribution in [1.82, 2.24) is 4.57 Å². The molecule has 0 fully saturated rings. The van der Waals surface area contributed by atoms with Gasteiger partial charge in [-0.3, -0.25) is 0 Å². The second-order valence-electron chi connectivity index (χ2n) is 5.75. The van der Waals surface area contributed by atoms with Gasteiger partial charge in [-0.1, -0.05) is 16.5 Å². The van der Waals surface area contributed by atoms with E-state index < -0.39 is 0 Å². The first-order valence-electron chi connectivity index (χ1n) is 6.89. The summed E-state index contributed by atoms with van der Waals surface area (Å²) >= 11 is 14.0. The van der Waals surface area contributed by atoms with Gasteiger partial charge in [-0.2, -0.15) is 0 Å². The minimum absolute atomic E-state index is 0.624. The number of fused-ring (bicyclic) bond motifs is 3. The van der Waals surface area contributed by atoms with Crippen molar-refractivity contribution in [3.63, 3.8) is 0 Å². The van der Waals surface area contributed by atoms with Crippen LogP contribution in [0.5, 0.6) is 0 Å². The molecule has 6 heteroatoms. The summed E-state index contributed by atoms with van der Waals surface area (Å²) in [6.45, 7) is 6.01. The average Bonchev–Trinajstić information content (AvgIpc) is 2.80. The summed E-state index contributed by atoms with van der Waals surface area (Å²) in [7, 11) is 14.6. The van der Waals surface area contributed by atoms with Crippen LogP contribution in [0.15, 0.2) is 14.7 Å². The summed E-state index contributed by atoms with van der Waals surface area (Å²) in [5.74, 6) is 0. The number of rotatable bonds is 0. The SMILES string of the molecule is [B]c1c(C)c([B])c2c(c1S)c1c(S)c(C)c(S)c(C)c1n2C. The van der Waals surface area contributed by atoms with Crippen molar-refractivity contribution in [3.8, 4) is 0 Å². The van der Waals surface area contributed by atoms with E-state index in [9.17, 15) is 0 Å². The van der Waals surface area contributed by atoms with Crippen molar-refractivity contribution >= 4 is 86.3 Å². The lowest BCUT2D eigenvalue weighted by atomic mass is 9.79. The Morgan fingerprint density at radius 2 is 1.23 bits per heavy atom. The summed E-state index contributed by atoms with van der Waals surface area (Å²) in [5, 5.41) is 2.00. The lowest BCUT2D eigenvalue weighted by molar-refractivity contribution is 0.999. The summed E-state index contributed by atoms with van der Waals surface area (Å²) in [4.78, 5) is 2.61. The number of benzene rings is 2. The smallest absolute Gasteiger partial charge is 0.117 e. The molecule has 0 aliphatic heterocycles. The number of hydrogen-bond donors (Lipinski definition) is 3. The topological polar surface area (TPSA) is 4.93 Å². The number of nitrogens with zero attached hydrogens (tertiary/aromatic N) is 1. The molecule has 3 rings (SSSR count). The molecule has 1 heterocycles. The first kappa shape index (κ1) is 16.3. The predicted molar refractivity (Wildman–Crippen MR) is 107 cm³/mol. The van der Waals surface area contributed by atoms with E-state index in [1.807, 2.05) is 20.9 Å². The van der Waals surface area contributed by atoms with Crippen molar-refractivity contribution < 1.29 is 0 Å². The van der Waals surface area contributed by atoms with Crippen LogP contribution in [-0.4, -0.2) is 20.3 Å². The number of aromatic nitrogens is 1. The van der Waals surface area contributed by atoms with E-state index in [0.29, 0.717) is 10.9 Å². The molecular formula is C16H15B2NS3. The number of thiol groups is 3. The highest BCUT2D eigenvalue weighted by Crippen LogP contribution is 2.41. The molecule has 4 radical (unpaired) electrons. The fourth-order valence-corrected chi connectivity index (χ4v) is 4.25. The van der Waals surface area contributed by atoms with Crippen LogP contribution < -0.4 is 10.9 Å². The molecule has 0 saturated heterocycles. The second kappa shape index (κ2) is 5.22. The Morgan fingerprint density at radius 1 is 0.682 bits per heavy atom. The summed E-state index contributed by atoms with van der Waals surface area (Å²) in [6, 6.07) is 0. The molecule has 0 saturated carbocycles. The molecule has 0 amide bonds. The standard InChI is InChI=1S/C16H15B2NS3/c1-5-10(17)13-9(16(22)11(5)18)8-12(19(13)4)6(2)14(20)7(3)15(8)21/h20-22H,1-4H3. The van der Waals surface area contributed by atoms with E-state index in [0.717, 1.165) is 53.2 Å². The summed E-state index contributed by atoms with van der Waals surface area (Å²) < 4.78 is 2.10. The Labute approximate surface area is 149 Å². The lowest BCUT2D eigenvalue weighted by Gasteiger charge is -2.13. The zero-order chi connectivity index (χ0) is 16.5. The third-order valence-electron chi connectivity index (χ3n) is 4.61. The summed E-state index contributed by atoms with van der Waals surface area (Å²) in [5.41, 5.74) is 6.36. The van der Waals surface area contributed by atoms with Crippen molar-refractivity contribution in [3.05, 3.63) is 16.7 Å². The van der Waals surface area contributed by atoms with Gasteiger partial charge in [0.25, 0.3) is 0 Å². The molecule has 3 aromatic rings. The first-order valence-corrected chi connectivity index (χ1v) is 8.23. The third kappa shape index (κ3) is 1.87. The maximum Gasteiger partial charge on any atom is 0.117 e. The van der Waals surface area contributed by atoms with Gasteiger partial charge in [0.1, 0.15) is 15.7 Å². The van der Waals surface area contributed by atoms with Gasteiger partial charge in [0.2, 0.25) is 0 Å². The largest absolute Gasteiger partial charge is 0.344 e.